The minimum Gasteiger partial charge on any atom is -0.506 e. The van der Waals surface area contributed by atoms with Gasteiger partial charge in [0, 0.05) is 123 Å². The fraction of sp³-hybridized carbons (Fsp3) is 0.857. The Balaban J connectivity index is 1.98. The lowest BCUT2D eigenvalue weighted by atomic mass is 9.96. The van der Waals surface area contributed by atoms with Crippen LogP contribution in [0.3, 0.4) is 0 Å². The predicted octanol–water partition coefficient (Wildman–Crippen LogP) is -1.98. The van der Waals surface area contributed by atoms with Gasteiger partial charge in [-0.25, -0.2) is 0 Å². The molecule has 35 heteroatoms. The van der Waals surface area contributed by atoms with Crippen LogP contribution in [0.15, 0.2) is 46.1 Å². The molecule has 3 saturated heterocycles. The number of aliphatic hydroxyl groups is 11. The molecule has 0 aromatic heterocycles. The maximum absolute atomic E-state index is 12.2. The molecule has 6 bridgehead atoms. The molecule has 7 aliphatic rings. The van der Waals surface area contributed by atoms with Crippen molar-refractivity contribution in [3.05, 3.63) is 46.1 Å². The highest BCUT2D eigenvalue weighted by atomic mass is 16.8. The van der Waals surface area contributed by atoms with Crippen LogP contribution in [0.4, 0.5) is 0 Å². The van der Waals surface area contributed by atoms with Gasteiger partial charge in [-0.2, -0.15) is 0 Å². The summed E-state index contributed by atoms with van der Waals surface area (Å²) < 4.78 is 138. The summed E-state index contributed by atoms with van der Waals surface area (Å²) in [6, 6.07) is 0. The third-order valence-corrected chi connectivity index (χ3v) is 15.0. The molecule has 0 aromatic rings. The van der Waals surface area contributed by atoms with Gasteiger partial charge in [0.25, 0.3) is 0 Å². The molecule has 23 atom stereocenters. The highest BCUT2D eigenvalue weighted by Gasteiger charge is 2.55. The van der Waals surface area contributed by atoms with Gasteiger partial charge in [-0.05, 0) is 0 Å². The molecule has 7 aliphatic heterocycles. The fourth-order valence-corrected chi connectivity index (χ4v) is 10.4. The van der Waals surface area contributed by atoms with Gasteiger partial charge in [-0.1, -0.05) is 0 Å². The summed E-state index contributed by atoms with van der Waals surface area (Å²) in [5, 5.41) is 131. The normalized spacial score (nSPS) is 40.2. The van der Waals surface area contributed by atoms with E-state index in [4.69, 9.17) is 114 Å². The Morgan fingerprint density at radius 2 is 0.516 bits per heavy atom. The predicted molar refractivity (Wildman–Crippen MR) is 303 cm³/mol. The second-order valence-corrected chi connectivity index (χ2v) is 20.7. The maximum atomic E-state index is 12.2. The molecule has 0 amide bonds. The van der Waals surface area contributed by atoms with Gasteiger partial charge in [0.2, 0.25) is 25.2 Å². The number of fused-ring (bicyclic) bond motifs is 3. The Kier molecular flexibility index (Phi) is 35.6. The standard InChI is InChI=1S/C56H98O35/c1-68-19-15-26-33(57)45(77-10)52(66)89-40-30(23-72-5)86-54(47(79-12)37(40)61)84-28(17-21-70-3)35(59)43(75-8)50(64)83-27(16-20-69-2)34(58)46(78-11)53(67)90-41-31(24-73-6)88-56(49(81-14)38(41)62)91-42-32(25-74-7)87-55(48(80-13)39(42)63)85-29(18-22-71-4)36(60)44(76-9)51(65)82-26/h26-32,37-42,47-67H,15-25H2,1-14H3/b43-35+,44-36+,45-33+,46-34+/t26-,27-,28-,29-,30?,31?,32?,37?,38+,39?,40-,41-,42-,47?,48?,49?,50-,51-,52-,53-,54+,55+,56-/m1/s1. The van der Waals surface area contributed by atoms with Crippen LogP contribution in [0.25, 0.3) is 0 Å². The molecular formula is C56H98O35. The van der Waals surface area contributed by atoms with Crippen molar-refractivity contribution in [2.45, 2.75) is 167 Å². The maximum Gasteiger partial charge on any atom is 0.218 e. The first-order valence-corrected chi connectivity index (χ1v) is 28.8. The smallest absolute Gasteiger partial charge is 0.218 e. The van der Waals surface area contributed by atoms with Crippen LogP contribution in [0, 0.1) is 0 Å². The second-order valence-electron chi connectivity index (χ2n) is 20.7. The Hall–Kier alpha value is -3.72. The third-order valence-electron chi connectivity index (χ3n) is 15.0. The summed E-state index contributed by atoms with van der Waals surface area (Å²) in [6.07, 6.45) is -39.8. The average molecular weight is 1330 g/mol. The highest BCUT2D eigenvalue weighted by molar-refractivity contribution is 5.15. The zero-order valence-electron chi connectivity index (χ0n) is 53.8. The minimum atomic E-state index is -2.28. The van der Waals surface area contributed by atoms with Crippen molar-refractivity contribution >= 4 is 0 Å². The molecule has 0 radical (unpaired) electrons. The second kappa shape index (κ2) is 40.6. The zero-order chi connectivity index (χ0) is 67.6. The van der Waals surface area contributed by atoms with Gasteiger partial charge < -0.3 is 170 Å². The molecule has 11 N–H and O–H groups in total. The number of hydrogen-bond donors (Lipinski definition) is 11. The molecule has 532 valence electrons. The van der Waals surface area contributed by atoms with E-state index < -0.39 is 188 Å². The lowest BCUT2D eigenvalue weighted by Gasteiger charge is -2.48. The average Bonchev–Trinajstić information content (AvgIpc) is 1.41. The van der Waals surface area contributed by atoms with E-state index in [0.29, 0.717) is 0 Å². The van der Waals surface area contributed by atoms with E-state index in [1.807, 2.05) is 0 Å². The van der Waals surface area contributed by atoms with E-state index in [-0.39, 0.29) is 71.9 Å². The number of hydrogen-bond acceptors (Lipinski definition) is 35. The van der Waals surface area contributed by atoms with E-state index in [9.17, 15) is 56.2 Å². The molecule has 7 rings (SSSR count). The van der Waals surface area contributed by atoms with E-state index in [0.717, 1.165) is 28.4 Å². The lowest BCUT2D eigenvalue weighted by molar-refractivity contribution is -0.372. The molecule has 0 aliphatic carbocycles. The van der Waals surface area contributed by atoms with Gasteiger partial charge in [-0.3, -0.25) is 0 Å². The molecule has 91 heavy (non-hydrogen) atoms. The van der Waals surface area contributed by atoms with E-state index in [1.165, 1.54) is 71.1 Å². The quantitative estimate of drug-likeness (QED) is 0.0472. The van der Waals surface area contributed by atoms with E-state index >= 15 is 0 Å². The first-order chi connectivity index (χ1) is 43.6. The number of rotatable bonds is 25. The number of aliphatic hydroxyl groups excluding tert-OH is 11. The molecule has 3 fully saturated rings. The molecule has 0 saturated carbocycles. The van der Waals surface area contributed by atoms with Crippen molar-refractivity contribution in [2.75, 3.05) is 146 Å². The Labute approximate surface area is 527 Å². The molecule has 0 spiro atoms. The SMILES string of the molecule is COCC[C@H]1O[C@H]2OC(COC)[C@@H](O[C@H]3OC(COC)[C@@H](O[C@@H](O)/C(OC)=C(\O)[C@@H](CCOC)O[C@@H](O)/C(OC)=C(\O)[C@@H](CCOC)O[C@H]4OC(COC)[C@@H](O[C@@H](O)/C(OC)=C(\O)[C@@H](CCOC)O[C@@H](O)/C(OC)=C/1O)C(O)C4OC)[C@H](O)C3OC)C(O)C2OC. The zero-order valence-corrected chi connectivity index (χ0v) is 53.8. The molecule has 7 heterocycles. The number of methoxy groups -OCH3 is 14. The number of ether oxygens (including phenoxy) is 24. The van der Waals surface area contributed by atoms with Crippen LogP contribution in [-0.2, 0) is 114 Å². The van der Waals surface area contributed by atoms with Crippen molar-refractivity contribution in [3.63, 3.8) is 0 Å². The van der Waals surface area contributed by atoms with Crippen LogP contribution in [0.1, 0.15) is 25.7 Å². The third kappa shape index (κ3) is 20.9. The summed E-state index contributed by atoms with van der Waals surface area (Å²) in [4.78, 5) is 0. The minimum absolute atomic E-state index is 0.102. The van der Waals surface area contributed by atoms with Crippen molar-refractivity contribution in [1.29, 1.82) is 0 Å². The Morgan fingerprint density at radius 1 is 0.286 bits per heavy atom. The van der Waals surface area contributed by atoms with Crippen LogP contribution in [0.5, 0.6) is 0 Å². The van der Waals surface area contributed by atoms with Crippen LogP contribution in [-0.4, -0.2) is 344 Å². The van der Waals surface area contributed by atoms with Gasteiger partial charge in [0.15, 0.2) is 64.9 Å². The largest absolute Gasteiger partial charge is 0.506 e. The summed E-state index contributed by atoms with van der Waals surface area (Å²) in [5.41, 5.74) is 0. The highest BCUT2D eigenvalue weighted by Crippen LogP contribution is 2.37. The molecular weight excluding hydrogens is 1230 g/mol. The summed E-state index contributed by atoms with van der Waals surface area (Å²) in [5.74, 6) is -6.23. The van der Waals surface area contributed by atoms with Crippen molar-refractivity contribution in [1.82, 2.24) is 0 Å². The monoisotopic (exact) mass is 1330 g/mol. The van der Waals surface area contributed by atoms with Crippen LogP contribution in [0.2, 0.25) is 0 Å². The molecule has 0 aromatic carbocycles. The van der Waals surface area contributed by atoms with Crippen LogP contribution < -0.4 is 0 Å². The molecule has 8 unspecified atom stereocenters. The van der Waals surface area contributed by atoms with Gasteiger partial charge in [0.05, 0.1) is 48.3 Å². The topological polar surface area (TPSA) is 444 Å². The molecule has 35 nitrogen and oxygen atoms in total. The van der Waals surface area contributed by atoms with E-state index in [2.05, 4.69) is 0 Å². The Morgan fingerprint density at radius 3 is 0.747 bits per heavy atom. The van der Waals surface area contributed by atoms with Crippen LogP contribution >= 0.6 is 0 Å². The fourth-order valence-electron chi connectivity index (χ4n) is 10.4. The van der Waals surface area contributed by atoms with E-state index in [1.54, 1.807) is 0 Å². The Bertz CT molecular complexity index is 2180. The van der Waals surface area contributed by atoms with Crippen molar-refractivity contribution in [3.8, 4) is 0 Å². The van der Waals surface area contributed by atoms with Crippen molar-refractivity contribution < 1.29 is 170 Å². The summed E-state index contributed by atoms with van der Waals surface area (Å²) in [7, 11) is 17.1. The van der Waals surface area contributed by atoms with Crippen molar-refractivity contribution in [2.24, 2.45) is 0 Å². The van der Waals surface area contributed by atoms with Gasteiger partial charge in [0.1, 0.15) is 97.7 Å². The van der Waals surface area contributed by atoms with Gasteiger partial charge in [-0.15, -0.1) is 0 Å². The summed E-state index contributed by atoms with van der Waals surface area (Å²) >= 11 is 0. The first kappa shape index (κ1) is 79.7. The first-order valence-electron chi connectivity index (χ1n) is 28.8. The van der Waals surface area contributed by atoms with Gasteiger partial charge >= 0.3 is 0 Å². The summed E-state index contributed by atoms with van der Waals surface area (Å²) in [6.45, 7) is -1.57. The lowest BCUT2D eigenvalue weighted by Crippen LogP contribution is -2.66.